The maximum Gasteiger partial charge on any atom is 0.328 e. The highest BCUT2D eigenvalue weighted by atomic mass is 32.2. The maximum atomic E-state index is 13.0. The lowest BCUT2D eigenvalue weighted by atomic mass is 9.98. The number of thioether (sulfide) groups is 1. The molecule has 1 fully saturated rings. The quantitative estimate of drug-likeness (QED) is 0.0784. The van der Waals surface area contributed by atoms with Crippen LogP contribution in [0.3, 0.4) is 0 Å². The van der Waals surface area contributed by atoms with Crippen LogP contribution >= 0.6 is 11.8 Å². The van der Waals surface area contributed by atoms with Gasteiger partial charge in [-0.05, 0) is 45.5 Å². The van der Waals surface area contributed by atoms with Gasteiger partial charge in [0.1, 0.15) is 11.8 Å². The van der Waals surface area contributed by atoms with Gasteiger partial charge in [-0.3, -0.25) is 0 Å². The summed E-state index contributed by atoms with van der Waals surface area (Å²) in [6.07, 6.45) is 0.0959. The van der Waals surface area contributed by atoms with Crippen LogP contribution in [-0.2, 0) is 38.6 Å². The molecular formula is C43H44N2O7S. The molecule has 4 atom stereocenters. The van der Waals surface area contributed by atoms with Gasteiger partial charge in [0.05, 0.1) is 33.0 Å². The molecule has 10 heteroatoms. The largest absolute Gasteiger partial charge is 0.496 e. The molecule has 0 bridgehead atoms. The number of carbonyl (C=O) groups excluding carboxylic acids is 2. The molecule has 5 aromatic carbocycles. The summed E-state index contributed by atoms with van der Waals surface area (Å²) >= 11 is 1.70. The highest BCUT2D eigenvalue weighted by Gasteiger charge is 2.32. The number of aliphatic hydroxyl groups is 1. The number of aliphatic hydroxyl groups excluding tert-OH is 1. The minimum Gasteiger partial charge on any atom is -0.496 e. The van der Waals surface area contributed by atoms with Crippen molar-refractivity contribution in [2.75, 3.05) is 20.0 Å². The Hall–Kier alpha value is -5.13. The predicted molar refractivity (Wildman–Crippen MR) is 205 cm³/mol. The zero-order chi connectivity index (χ0) is 37.0. The number of hydrogen-bond donors (Lipinski definition) is 3. The van der Waals surface area contributed by atoms with Crippen LogP contribution < -0.4 is 15.4 Å². The molecule has 0 unspecified atom stereocenters. The van der Waals surface area contributed by atoms with Crippen LogP contribution in [0.2, 0.25) is 0 Å². The standard InChI is InChI=1S/C43H44N2O7S/c1-49-38-14-8-9-15-40(38)53-28-35-25-39(32-18-16-30(27-46)17-19-32)52-42(51-35)33-22-20-31(21-23-33)36-13-7-6-12-34(36)26-44-43(48)45-37(41(47)50-2)24-29-10-4-3-5-11-29/h3-23,35,37,39,42,46H,24-28H2,1-2H3,(H2,44,45,48)/t35-,37-,39+,42+/m0/s1. The lowest BCUT2D eigenvalue weighted by Gasteiger charge is -2.36. The van der Waals surface area contributed by atoms with E-state index >= 15 is 0 Å². The Morgan fingerprint density at radius 1 is 0.811 bits per heavy atom. The van der Waals surface area contributed by atoms with E-state index < -0.39 is 24.3 Å². The summed E-state index contributed by atoms with van der Waals surface area (Å²) in [5.74, 6) is 1.03. The molecule has 9 nitrogen and oxygen atoms in total. The third-order valence-corrected chi connectivity index (χ3v) is 10.3. The van der Waals surface area contributed by atoms with Crippen molar-refractivity contribution in [2.45, 2.75) is 55.4 Å². The summed E-state index contributed by atoms with van der Waals surface area (Å²) in [4.78, 5) is 26.5. The van der Waals surface area contributed by atoms with E-state index in [9.17, 15) is 14.7 Å². The third kappa shape index (κ3) is 10.1. The molecule has 1 aliphatic heterocycles. The van der Waals surface area contributed by atoms with Gasteiger partial charge in [0.25, 0.3) is 0 Å². The first kappa shape index (κ1) is 37.6. The van der Waals surface area contributed by atoms with Crippen molar-refractivity contribution in [1.29, 1.82) is 0 Å². The summed E-state index contributed by atoms with van der Waals surface area (Å²) in [6.45, 7) is 0.235. The average Bonchev–Trinajstić information content (AvgIpc) is 3.22. The summed E-state index contributed by atoms with van der Waals surface area (Å²) in [5.41, 5.74) is 6.53. The Labute approximate surface area is 314 Å². The molecular weight excluding hydrogens is 689 g/mol. The number of methoxy groups -OCH3 is 2. The number of esters is 1. The summed E-state index contributed by atoms with van der Waals surface area (Å²) in [5, 5.41) is 15.2. The van der Waals surface area contributed by atoms with Crippen LogP contribution in [0.15, 0.2) is 132 Å². The van der Waals surface area contributed by atoms with E-state index in [2.05, 4.69) is 16.7 Å². The molecule has 6 rings (SSSR count). The summed E-state index contributed by atoms with van der Waals surface area (Å²) in [6, 6.07) is 40.0. The highest BCUT2D eigenvalue weighted by molar-refractivity contribution is 7.99. The van der Waals surface area contributed by atoms with Crippen LogP contribution in [0, 0.1) is 0 Å². The van der Waals surface area contributed by atoms with Crippen molar-refractivity contribution in [3.63, 3.8) is 0 Å². The Morgan fingerprint density at radius 2 is 1.51 bits per heavy atom. The smallest absolute Gasteiger partial charge is 0.328 e. The van der Waals surface area contributed by atoms with Gasteiger partial charge in [-0.15, -0.1) is 11.8 Å². The number of rotatable bonds is 14. The second kappa shape index (κ2) is 18.6. The molecule has 5 aromatic rings. The highest BCUT2D eigenvalue weighted by Crippen LogP contribution is 2.41. The fourth-order valence-corrected chi connectivity index (χ4v) is 7.34. The molecule has 0 saturated carbocycles. The second-order valence-electron chi connectivity index (χ2n) is 12.7. The molecule has 0 radical (unpaired) electrons. The predicted octanol–water partition coefficient (Wildman–Crippen LogP) is 7.78. The van der Waals surface area contributed by atoms with Gasteiger partial charge in [-0.2, -0.15) is 0 Å². The molecule has 1 saturated heterocycles. The van der Waals surface area contributed by atoms with E-state index in [4.69, 9.17) is 18.9 Å². The van der Waals surface area contributed by atoms with Crippen molar-refractivity contribution in [3.05, 3.63) is 155 Å². The van der Waals surface area contributed by atoms with Gasteiger partial charge < -0.3 is 34.7 Å². The Morgan fingerprint density at radius 3 is 2.25 bits per heavy atom. The Kier molecular flexibility index (Phi) is 13.2. The molecule has 2 amide bonds. The van der Waals surface area contributed by atoms with Crippen molar-refractivity contribution in [3.8, 4) is 16.9 Å². The zero-order valence-electron chi connectivity index (χ0n) is 29.8. The number of benzene rings is 5. The SMILES string of the molecule is COC(=O)[C@H](Cc1ccccc1)NC(=O)NCc1ccccc1-c1ccc([C@@H]2O[C@H](CSc3ccccc3OC)C[C@H](c3ccc(CO)cc3)O2)cc1. The van der Waals surface area contributed by atoms with Crippen molar-refractivity contribution >= 4 is 23.8 Å². The van der Waals surface area contributed by atoms with Gasteiger partial charge in [-0.1, -0.05) is 115 Å². The molecule has 1 heterocycles. The molecule has 0 aromatic heterocycles. The fraction of sp³-hybridized carbons (Fsp3) is 0.256. The van der Waals surface area contributed by atoms with Gasteiger partial charge in [0.2, 0.25) is 0 Å². The Balaban J connectivity index is 1.14. The number of carbonyl (C=O) groups is 2. The number of hydrogen-bond acceptors (Lipinski definition) is 8. The topological polar surface area (TPSA) is 115 Å². The first-order valence-electron chi connectivity index (χ1n) is 17.5. The fourth-order valence-electron chi connectivity index (χ4n) is 6.29. The molecule has 274 valence electrons. The van der Waals surface area contributed by atoms with E-state index in [-0.39, 0.29) is 25.4 Å². The first-order chi connectivity index (χ1) is 25.9. The van der Waals surface area contributed by atoms with E-state index in [1.807, 2.05) is 121 Å². The normalized spacial score (nSPS) is 17.4. The summed E-state index contributed by atoms with van der Waals surface area (Å²) < 4.78 is 23.7. The number of amides is 2. The average molecular weight is 733 g/mol. The molecule has 3 N–H and O–H groups in total. The van der Waals surface area contributed by atoms with Gasteiger partial charge in [0, 0.05) is 35.6 Å². The van der Waals surface area contributed by atoms with E-state index in [0.29, 0.717) is 18.6 Å². The van der Waals surface area contributed by atoms with Gasteiger partial charge in [0.15, 0.2) is 6.29 Å². The number of ether oxygens (including phenoxy) is 4. The van der Waals surface area contributed by atoms with Crippen LogP contribution in [0.1, 0.15) is 46.6 Å². The molecule has 1 aliphatic rings. The lowest BCUT2D eigenvalue weighted by Crippen LogP contribution is -2.47. The zero-order valence-corrected chi connectivity index (χ0v) is 30.6. The van der Waals surface area contributed by atoms with E-state index in [1.54, 1.807) is 18.9 Å². The van der Waals surface area contributed by atoms with Crippen molar-refractivity contribution in [2.24, 2.45) is 0 Å². The molecule has 53 heavy (non-hydrogen) atoms. The monoisotopic (exact) mass is 732 g/mol. The molecule has 0 spiro atoms. The minimum absolute atomic E-state index is 0.0148. The van der Waals surface area contributed by atoms with E-state index in [1.165, 1.54) is 7.11 Å². The van der Waals surface area contributed by atoms with Crippen LogP contribution in [0.5, 0.6) is 5.75 Å². The van der Waals surface area contributed by atoms with Crippen molar-refractivity contribution in [1.82, 2.24) is 10.6 Å². The number of nitrogens with one attached hydrogen (secondary N) is 2. The maximum absolute atomic E-state index is 13.0. The third-order valence-electron chi connectivity index (χ3n) is 9.13. The van der Waals surface area contributed by atoms with Crippen LogP contribution in [-0.4, -0.2) is 49.2 Å². The van der Waals surface area contributed by atoms with Crippen LogP contribution in [0.4, 0.5) is 4.79 Å². The van der Waals surface area contributed by atoms with Crippen LogP contribution in [0.25, 0.3) is 11.1 Å². The van der Waals surface area contributed by atoms with Crippen molar-refractivity contribution < 1.29 is 33.6 Å². The van der Waals surface area contributed by atoms with E-state index in [0.717, 1.165) is 49.6 Å². The summed E-state index contributed by atoms with van der Waals surface area (Å²) in [7, 11) is 2.99. The van der Waals surface area contributed by atoms with Gasteiger partial charge >= 0.3 is 12.0 Å². The number of urea groups is 1. The van der Waals surface area contributed by atoms with Gasteiger partial charge in [-0.25, -0.2) is 9.59 Å². The lowest BCUT2D eigenvalue weighted by molar-refractivity contribution is -0.245. The Bertz CT molecular complexity index is 1940. The minimum atomic E-state index is -0.826. The number of para-hydroxylation sites is 1. The first-order valence-corrected chi connectivity index (χ1v) is 18.5. The molecule has 0 aliphatic carbocycles. The second-order valence-corrected chi connectivity index (χ2v) is 13.7.